The molecular weight excluding hydrogens is 302 g/mol. The highest BCUT2D eigenvalue weighted by Crippen LogP contribution is 2.31. The molecule has 1 heterocycles. The fourth-order valence-corrected chi connectivity index (χ4v) is 3.62. The van der Waals surface area contributed by atoms with Crippen LogP contribution < -0.4 is 5.73 Å². The summed E-state index contributed by atoms with van der Waals surface area (Å²) in [5.41, 5.74) is 7.36. The Bertz CT molecular complexity index is 425. The molecule has 0 spiro atoms. The summed E-state index contributed by atoms with van der Waals surface area (Å²) in [6.45, 7) is 5.36. The highest BCUT2D eigenvalue weighted by Gasteiger charge is 2.33. The van der Waals surface area contributed by atoms with Crippen molar-refractivity contribution in [2.45, 2.75) is 24.9 Å². The van der Waals surface area contributed by atoms with E-state index in [1.165, 1.54) is 36.0 Å². The summed E-state index contributed by atoms with van der Waals surface area (Å²) >= 11 is 3.66. The molecule has 1 saturated heterocycles. The molecule has 3 nitrogen and oxygen atoms in total. The first-order valence-electron chi connectivity index (χ1n) is 7.22. The van der Waals surface area contributed by atoms with Crippen LogP contribution in [0.2, 0.25) is 0 Å². The van der Waals surface area contributed by atoms with Crippen LogP contribution in [0.25, 0.3) is 0 Å². The molecule has 3 rings (SSSR count). The standard InChI is InChI=1S/C15H22BrN3/c16-14-4-2-1-3-13(14)15(11-17)19-9-7-18(8-10-19)12-5-6-12/h1-4,12,15H,5-11,17H2. The van der Waals surface area contributed by atoms with Crippen LogP contribution in [0.4, 0.5) is 0 Å². The van der Waals surface area contributed by atoms with Gasteiger partial charge in [0.25, 0.3) is 0 Å². The van der Waals surface area contributed by atoms with Gasteiger partial charge in [0.05, 0.1) is 0 Å². The van der Waals surface area contributed by atoms with E-state index in [0.29, 0.717) is 12.6 Å². The van der Waals surface area contributed by atoms with Gasteiger partial charge in [-0.25, -0.2) is 0 Å². The third kappa shape index (κ3) is 3.02. The Kier molecular flexibility index (Phi) is 4.22. The molecule has 1 aromatic carbocycles. The second-order valence-corrected chi connectivity index (χ2v) is 6.43. The van der Waals surface area contributed by atoms with Gasteiger partial charge in [-0.15, -0.1) is 0 Å². The Labute approximate surface area is 123 Å². The van der Waals surface area contributed by atoms with Crippen LogP contribution in [0.1, 0.15) is 24.4 Å². The van der Waals surface area contributed by atoms with E-state index < -0.39 is 0 Å². The van der Waals surface area contributed by atoms with E-state index in [2.05, 4.69) is 50.0 Å². The minimum atomic E-state index is 0.344. The normalized spacial score (nSPS) is 23.5. The highest BCUT2D eigenvalue weighted by atomic mass is 79.9. The molecule has 0 bridgehead atoms. The first kappa shape index (κ1) is 13.6. The van der Waals surface area contributed by atoms with Crippen molar-refractivity contribution in [3.05, 3.63) is 34.3 Å². The van der Waals surface area contributed by atoms with Gasteiger partial charge in [-0.2, -0.15) is 0 Å². The number of hydrogen-bond acceptors (Lipinski definition) is 3. The second kappa shape index (κ2) is 5.92. The number of benzene rings is 1. The molecule has 2 aliphatic rings. The summed E-state index contributed by atoms with van der Waals surface area (Å²) in [5, 5.41) is 0. The summed E-state index contributed by atoms with van der Waals surface area (Å²) in [5.74, 6) is 0. The number of piperazine rings is 1. The van der Waals surface area contributed by atoms with Crippen molar-refractivity contribution in [2.75, 3.05) is 32.7 Å². The Morgan fingerprint density at radius 1 is 1.16 bits per heavy atom. The van der Waals surface area contributed by atoms with Gasteiger partial charge in [-0.05, 0) is 24.5 Å². The SMILES string of the molecule is NCC(c1ccccc1Br)N1CCN(C2CC2)CC1. The van der Waals surface area contributed by atoms with E-state index in [1.807, 2.05) is 0 Å². The largest absolute Gasteiger partial charge is 0.329 e. The van der Waals surface area contributed by atoms with Crippen molar-refractivity contribution in [3.8, 4) is 0 Å². The van der Waals surface area contributed by atoms with Gasteiger partial charge < -0.3 is 5.73 Å². The van der Waals surface area contributed by atoms with E-state index in [-0.39, 0.29) is 0 Å². The number of rotatable bonds is 4. The smallest absolute Gasteiger partial charge is 0.0482 e. The van der Waals surface area contributed by atoms with Gasteiger partial charge in [0.2, 0.25) is 0 Å². The maximum atomic E-state index is 6.04. The maximum Gasteiger partial charge on any atom is 0.0482 e. The van der Waals surface area contributed by atoms with Crippen molar-refractivity contribution in [3.63, 3.8) is 0 Å². The van der Waals surface area contributed by atoms with E-state index >= 15 is 0 Å². The highest BCUT2D eigenvalue weighted by molar-refractivity contribution is 9.10. The lowest BCUT2D eigenvalue weighted by Gasteiger charge is -2.39. The fraction of sp³-hybridized carbons (Fsp3) is 0.600. The Morgan fingerprint density at radius 3 is 2.42 bits per heavy atom. The summed E-state index contributed by atoms with van der Waals surface area (Å²) in [7, 11) is 0. The number of halogens is 1. The monoisotopic (exact) mass is 323 g/mol. The average Bonchev–Trinajstić information content (AvgIpc) is 3.27. The van der Waals surface area contributed by atoms with Crippen molar-refractivity contribution in [1.29, 1.82) is 0 Å². The van der Waals surface area contributed by atoms with E-state index in [1.54, 1.807) is 0 Å². The Morgan fingerprint density at radius 2 is 1.84 bits per heavy atom. The molecule has 4 heteroatoms. The molecular formula is C15H22BrN3. The third-order valence-corrected chi connectivity index (χ3v) is 5.06. The lowest BCUT2D eigenvalue weighted by molar-refractivity contribution is 0.0936. The van der Waals surface area contributed by atoms with Crippen molar-refractivity contribution in [2.24, 2.45) is 5.73 Å². The predicted molar refractivity (Wildman–Crippen MR) is 82.1 cm³/mol. The van der Waals surface area contributed by atoms with E-state index in [4.69, 9.17) is 5.73 Å². The zero-order chi connectivity index (χ0) is 13.2. The minimum Gasteiger partial charge on any atom is -0.329 e. The Balaban J connectivity index is 1.68. The van der Waals surface area contributed by atoms with E-state index in [9.17, 15) is 0 Å². The van der Waals surface area contributed by atoms with Gasteiger partial charge in [0, 0.05) is 49.3 Å². The number of hydrogen-bond donors (Lipinski definition) is 1. The van der Waals surface area contributed by atoms with Crippen molar-refractivity contribution >= 4 is 15.9 Å². The first-order chi connectivity index (χ1) is 9.29. The van der Waals surface area contributed by atoms with Crippen LogP contribution in [0.15, 0.2) is 28.7 Å². The van der Waals surface area contributed by atoms with Crippen LogP contribution in [0.3, 0.4) is 0 Å². The molecule has 1 aliphatic heterocycles. The molecule has 1 atom stereocenters. The van der Waals surface area contributed by atoms with Crippen LogP contribution in [-0.4, -0.2) is 48.6 Å². The molecule has 0 aromatic heterocycles. The molecule has 1 aliphatic carbocycles. The maximum absolute atomic E-state index is 6.04. The average molecular weight is 324 g/mol. The van der Waals surface area contributed by atoms with Crippen molar-refractivity contribution in [1.82, 2.24) is 9.80 Å². The second-order valence-electron chi connectivity index (χ2n) is 5.58. The Hall–Kier alpha value is -0.420. The predicted octanol–water partition coefficient (Wildman–Crippen LogP) is 2.23. The van der Waals surface area contributed by atoms with Crippen LogP contribution >= 0.6 is 15.9 Å². The zero-order valence-corrected chi connectivity index (χ0v) is 12.8. The quantitative estimate of drug-likeness (QED) is 0.922. The van der Waals surface area contributed by atoms with Crippen LogP contribution in [0.5, 0.6) is 0 Å². The minimum absolute atomic E-state index is 0.344. The summed E-state index contributed by atoms with van der Waals surface area (Å²) in [4.78, 5) is 5.18. The molecule has 104 valence electrons. The molecule has 2 N–H and O–H groups in total. The molecule has 1 aromatic rings. The van der Waals surface area contributed by atoms with E-state index in [0.717, 1.165) is 19.1 Å². The number of nitrogens with zero attached hydrogens (tertiary/aromatic N) is 2. The first-order valence-corrected chi connectivity index (χ1v) is 8.01. The third-order valence-electron chi connectivity index (χ3n) is 4.34. The summed E-state index contributed by atoms with van der Waals surface area (Å²) < 4.78 is 1.18. The summed E-state index contributed by atoms with van der Waals surface area (Å²) in [6, 6.07) is 9.70. The molecule has 1 unspecified atom stereocenters. The van der Waals surface area contributed by atoms with Gasteiger partial charge in [-0.3, -0.25) is 9.80 Å². The molecule has 0 radical (unpaired) electrons. The summed E-state index contributed by atoms with van der Waals surface area (Å²) in [6.07, 6.45) is 2.81. The lowest BCUT2D eigenvalue weighted by atomic mass is 10.0. The van der Waals surface area contributed by atoms with Crippen LogP contribution in [-0.2, 0) is 0 Å². The van der Waals surface area contributed by atoms with Gasteiger partial charge in [0.1, 0.15) is 0 Å². The van der Waals surface area contributed by atoms with Gasteiger partial charge >= 0.3 is 0 Å². The zero-order valence-electron chi connectivity index (χ0n) is 11.3. The fourth-order valence-electron chi connectivity index (χ4n) is 3.07. The molecule has 1 saturated carbocycles. The van der Waals surface area contributed by atoms with Crippen LogP contribution in [0, 0.1) is 0 Å². The van der Waals surface area contributed by atoms with Crippen molar-refractivity contribution < 1.29 is 0 Å². The number of nitrogens with two attached hydrogens (primary N) is 1. The topological polar surface area (TPSA) is 32.5 Å². The molecule has 2 fully saturated rings. The molecule has 19 heavy (non-hydrogen) atoms. The molecule has 0 amide bonds. The van der Waals surface area contributed by atoms with Gasteiger partial charge in [0.15, 0.2) is 0 Å². The van der Waals surface area contributed by atoms with Gasteiger partial charge in [-0.1, -0.05) is 34.1 Å². The lowest BCUT2D eigenvalue weighted by Crippen LogP contribution is -2.49.